The van der Waals surface area contributed by atoms with Crippen LogP contribution in [0.5, 0.6) is 0 Å². The van der Waals surface area contributed by atoms with E-state index in [-0.39, 0.29) is 0 Å². The number of hydrogen-bond donors (Lipinski definition) is 2. The van der Waals surface area contributed by atoms with E-state index in [4.69, 9.17) is 10.2 Å². The van der Waals surface area contributed by atoms with E-state index in [1.165, 1.54) is 16.3 Å². The highest BCUT2D eigenvalue weighted by molar-refractivity contribution is 6.17. The summed E-state index contributed by atoms with van der Waals surface area (Å²) in [7, 11) is 2.06. The Labute approximate surface area is 128 Å². The Balaban J connectivity index is 1.91. The Bertz CT molecular complexity index is 951. The molecule has 0 bridgehead atoms. The molecule has 0 fully saturated rings. The van der Waals surface area contributed by atoms with Crippen LogP contribution in [0.2, 0.25) is 0 Å². The first-order valence-corrected chi connectivity index (χ1v) is 7.26. The second-order valence-electron chi connectivity index (χ2n) is 5.49. The first-order chi connectivity index (χ1) is 10.8. The molecule has 0 saturated heterocycles. The molecule has 0 aliphatic heterocycles. The van der Waals surface area contributed by atoms with Gasteiger partial charge in [0, 0.05) is 41.1 Å². The smallest absolute Gasteiger partial charge is 0.0952 e. The maximum absolute atomic E-state index is 6.22. The second kappa shape index (κ2) is 4.84. The number of fused-ring (bicyclic) bond motifs is 3. The molecular formula is C18H17N3O. The van der Waals surface area contributed by atoms with Crippen LogP contribution in [-0.2, 0) is 13.6 Å². The lowest BCUT2D eigenvalue weighted by molar-refractivity contribution is 0.564. The van der Waals surface area contributed by atoms with Gasteiger partial charge in [0.25, 0.3) is 0 Å². The topological polar surface area (TPSA) is 56.1 Å². The molecule has 0 spiro atoms. The third-order valence-corrected chi connectivity index (χ3v) is 4.14. The summed E-state index contributed by atoms with van der Waals surface area (Å²) >= 11 is 0. The molecule has 4 rings (SSSR count). The summed E-state index contributed by atoms with van der Waals surface area (Å²) in [5, 5.41) is 5.87. The number of nitrogens with two attached hydrogens (primary N) is 1. The molecule has 3 N–H and O–H groups in total. The lowest BCUT2D eigenvalue weighted by Crippen LogP contribution is -2.00. The normalized spacial score (nSPS) is 11.3. The zero-order valence-corrected chi connectivity index (χ0v) is 12.3. The molecule has 0 radical (unpaired) electrons. The largest absolute Gasteiger partial charge is 0.472 e. The van der Waals surface area contributed by atoms with Crippen molar-refractivity contribution in [2.24, 2.45) is 7.05 Å². The van der Waals surface area contributed by atoms with Crippen molar-refractivity contribution in [2.75, 3.05) is 11.1 Å². The van der Waals surface area contributed by atoms with Gasteiger partial charge in [-0.3, -0.25) is 0 Å². The van der Waals surface area contributed by atoms with Gasteiger partial charge in [-0.25, -0.2) is 0 Å². The number of furan rings is 1. The van der Waals surface area contributed by atoms with E-state index < -0.39 is 0 Å². The molecule has 4 aromatic rings. The first-order valence-electron chi connectivity index (χ1n) is 7.26. The number of rotatable bonds is 3. The van der Waals surface area contributed by atoms with Crippen LogP contribution in [0.3, 0.4) is 0 Å². The molecule has 0 saturated carbocycles. The fraction of sp³-hybridized carbons (Fsp3) is 0.111. The van der Waals surface area contributed by atoms with Crippen molar-refractivity contribution in [3.8, 4) is 0 Å². The Kier molecular flexibility index (Phi) is 2.82. The minimum atomic E-state index is 0.721. The molecule has 2 aromatic heterocycles. The minimum Gasteiger partial charge on any atom is -0.472 e. The van der Waals surface area contributed by atoms with E-state index in [0.29, 0.717) is 0 Å². The monoisotopic (exact) mass is 291 g/mol. The van der Waals surface area contributed by atoms with Gasteiger partial charge < -0.3 is 20.0 Å². The zero-order chi connectivity index (χ0) is 15.1. The van der Waals surface area contributed by atoms with Crippen molar-refractivity contribution in [1.29, 1.82) is 0 Å². The van der Waals surface area contributed by atoms with Crippen LogP contribution >= 0.6 is 0 Å². The van der Waals surface area contributed by atoms with E-state index >= 15 is 0 Å². The lowest BCUT2D eigenvalue weighted by atomic mass is 10.1. The van der Waals surface area contributed by atoms with Crippen molar-refractivity contribution in [3.63, 3.8) is 0 Å². The fourth-order valence-electron chi connectivity index (χ4n) is 3.08. The third kappa shape index (κ3) is 1.84. The molecule has 2 aromatic carbocycles. The van der Waals surface area contributed by atoms with E-state index in [1.54, 1.807) is 12.5 Å². The van der Waals surface area contributed by atoms with Gasteiger partial charge in [-0.15, -0.1) is 0 Å². The SMILES string of the molecule is Cn1c2ccccc2c2c(NCc3ccoc3)ccc(N)c21. The molecule has 2 heterocycles. The van der Waals surface area contributed by atoms with Crippen molar-refractivity contribution < 1.29 is 4.42 Å². The predicted octanol–water partition coefficient (Wildman–Crippen LogP) is 4.12. The Morgan fingerprint density at radius 1 is 1.14 bits per heavy atom. The van der Waals surface area contributed by atoms with Crippen molar-refractivity contribution >= 4 is 33.2 Å². The zero-order valence-electron chi connectivity index (χ0n) is 12.3. The predicted molar refractivity (Wildman–Crippen MR) is 90.9 cm³/mol. The molecule has 0 amide bonds. The number of nitrogen functional groups attached to an aromatic ring is 1. The van der Waals surface area contributed by atoms with Crippen LogP contribution in [-0.4, -0.2) is 4.57 Å². The van der Waals surface area contributed by atoms with Crippen molar-refractivity contribution in [1.82, 2.24) is 4.57 Å². The van der Waals surface area contributed by atoms with Gasteiger partial charge >= 0.3 is 0 Å². The summed E-state index contributed by atoms with van der Waals surface area (Å²) < 4.78 is 7.28. The number of para-hydroxylation sites is 1. The van der Waals surface area contributed by atoms with Crippen LogP contribution < -0.4 is 11.1 Å². The average molecular weight is 291 g/mol. The Morgan fingerprint density at radius 3 is 2.82 bits per heavy atom. The maximum atomic E-state index is 6.22. The molecule has 0 unspecified atom stereocenters. The van der Waals surface area contributed by atoms with Gasteiger partial charge in [0.1, 0.15) is 0 Å². The van der Waals surface area contributed by atoms with Crippen molar-refractivity contribution in [2.45, 2.75) is 6.54 Å². The van der Waals surface area contributed by atoms with Gasteiger partial charge in [-0.1, -0.05) is 18.2 Å². The van der Waals surface area contributed by atoms with E-state index in [9.17, 15) is 0 Å². The average Bonchev–Trinajstić information content (AvgIpc) is 3.15. The minimum absolute atomic E-state index is 0.721. The summed E-state index contributed by atoms with van der Waals surface area (Å²) in [6.45, 7) is 0.721. The van der Waals surface area contributed by atoms with Gasteiger partial charge in [0.15, 0.2) is 0 Å². The summed E-state index contributed by atoms with van der Waals surface area (Å²) in [5.41, 5.74) is 11.5. The van der Waals surface area contributed by atoms with Gasteiger partial charge in [0.05, 0.1) is 23.7 Å². The number of aromatic nitrogens is 1. The Morgan fingerprint density at radius 2 is 2.00 bits per heavy atom. The molecule has 4 heteroatoms. The molecular weight excluding hydrogens is 274 g/mol. The first kappa shape index (κ1) is 12.8. The van der Waals surface area contributed by atoms with E-state index in [1.807, 2.05) is 18.2 Å². The molecule has 22 heavy (non-hydrogen) atoms. The number of nitrogens with zero attached hydrogens (tertiary/aromatic N) is 1. The van der Waals surface area contributed by atoms with Crippen molar-refractivity contribution in [3.05, 3.63) is 60.6 Å². The van der Waals surface area contributed by atoms with Crippen LogP contribution in [0.4, 0.5) is 11.4 Å². The second-order valence-corrected chi connectivity index (χ2v) is 5.49. The highest BCUT2D eigenvalue weighted by Gasteiger charge is 2.14. The fourth-order valence-corrected chi connectivity index (χ4v) is 3.08. The number of benzene rings is 2. The van der Waals surface area contributed by atoms with Gasteiger partial charge in [0.2, 0.25) is 0 Å². The number of nitrogens with one attached hydrogen (secondary N) is 1. The molecule has 0 aliphatic rings. The summed E-state index contributed by atoms with van der Waals surface area (Å²) in [6, 6.07) is 14.3. The lowest BCUT2D eigenvalue weighted by Gasteiger charge is -2.09. The molecule has 110 valence electrons. The quantitative estimate of drug-likeness (QED) is 0.558. The highest BCUT2D eigenvalue weighted by atomic mass is 16.3. The van der Waals surface area contributed by atoms with Crippen LogP contribution in [0, 0.1) is 0 Å². The Hall–Kier alpha value is -2.88. The molecule has 0 atom stereocenters. The van der Waals surface area contributed by atoms with Gasteiger partial charge in [-0.05, 0) is 24.3 Å². The standard InChI is InChI=1S/C18H17N3O/c1-21-16-5-3-2-4-13(16)17-15(7-6-14(19)18(17)21)20-10-12-8-9-22-11-12/h2-9,11,20H,10,19H2,1H3. The van der Waals surface area contributed by atoms with Crippen LogP contribution in [0.25, 0.3) is 21.8 Å². The number of hydrogen-bond acceptors (Lipinski definition) is 3. The summed E-state index contributed by atoms with van der Waals surface area (Å²) in [5.74, 6) is 0. The molecule has 0 aliphatic carbocycles. The van der Waals surface area contributed by atoms with Crippen LogP contribution in [0.15, 0.2) is 59.4 Å². The summed E-state index contributed by atoms with van der Waals surface area (Å²) in [6.07, 6.45) is 3.44. The third-order valence-electron chi connectivity index (χ3n) is 4.14. The number of aryl methyl sites for hydroxylation is 1. The highest BCUT2D eigenvalue weighted by Crippen LogP contribution is 2.36. The van der Waals surface area contributed by atoms with Crippen LogP contribution in [0.1, 0.15) is 5.56 Å². The van der Waals surface area contributed by atoms with E-state index in [0.717, 1.165) is 29.0 Å². The molecule has 4 nitrogen and oxygen atoms in total. The number of anilines is 2. The van der Waals surface area contributed by atoms with E-state index in [2.05, 4.69) is 41.2 Å². The van der Waals surface area contributed by atoms with Gasteiger partial charge in [-0.2, -0.15) is 0 Å². The maximum Gasteiger partial charge on any atom is 0.0952 e. The summed E-state index contributed by atoms with van der Waals surface area (Å²) in [4.78, 5) is 0.